The Labute approximate surface area is 57.8 Å². The third-order valence-corrected chi connectivity index (χ3v) is 1.61. The molecule has 0 spiro atoms. The maximum atomic E-state index is 10.2. The number of hydrogen-bond acceptors (Lipinski definition) is 5. The molecule has 0 unspecified atom stereocenters. The standard InChI is InChI=1S/C4H9O5P/c5-3-4(6)1-2-10(7,8)9/h5H,1-3H2,(H2,7,8,9)/p-2. The van der Waals surface area contributed by atoms with E-state index >= 15 is 0 Å². The van der Waals surface area contributed by atoms with Gasteiger partial charge in [-0.1, -0.05) is 7.60 Å². The molecule has 0 amide bonds. The lowest BCUT2D eigenvalue weighted by Crippen LogP contribution is -2.19. The molecule has 0 aliphatic carbocycles. The largest absolute Gasteiger partial charge is 0.811 e. The molecule has 5 nitrogen and oxygen atoms in total. The van der Waals surface area contributed by atoms with Gasteiger partial charge in [-0.25, -0.2) is 0 Å². The smallest absolute Gasteiger partial charge is 0.158 e. The van der Waals surface area contributed by atoms with Crippen molar-refractivity contribution < 1.29 is 24.3 Å². The zero-order chi connectivity index (χ0) is 8.20. The summed E-state index contributed by atoms with van der Waals surface area (Å²) < 4.78 is 9.89. The highest BCUT2D eigenvalue weighted by atomic mass is 31.2. The summed E-state index contributed by atoms with van der Waals surface area (Å²) in [4.78, 5) is 30.0. The van der Waals surface area contributed by atoms with E-state index in [0.29, 0.717) is 0 Å². The van der Waals surface area contributed by atoms with Crippen molar-refractivity contribution in [2.75, 3.05) is 12.8 Å². The molecule has 10 heavy (non-hydrogen) atoms. The molecule has 0 atom stereocenters. The van der Waals surface area contributed by atoms with Crippen molar-refractivity contribution in [3.8, 4) is 0 Å². The molecular formula is C4H7O5P-2. The molecule has 0 aromatic carbocycles. The summed E-state index contributed by atoms with van der Waals surface area (Å²) in [7, 11) is -4.56. The highest BCUT2D eigenvalue weighted by Gasteiger charge is 1.99. The Morgan fingerprint density at radius 3 is 2.30 bits per heavy atom. The summed E-state index contributed by atoms with van der Waals surface area (Å²) in [6.45, 7) is -0.708. The lowest BCUT2D eigenvalue weighted by Gasteiger charge is -2.28. The molecule has 0 saturated heterocycles. The van der Waals surface area contributed by atoms with Crippen LogP contribution in [0.3, 0.4) is 0 Å². The van der Waals surface area contributed by atoms with Crippen molar-refractivity contribution in [2.45, 2.75) is 6.42 Å². The lowest BCUT2D eigenvalue weighted by molar-refractivity contribution is -0.313. The van der Waals surface area contributed by atoms with Gasteiger partial charge in [-0.3, -0.25) is 4.79 Å². The molecule has 0 bridgehead atoms. The first-order valence-electron chi connectivity index (χ1n) is 2.59. The Balaban J connectivity index is 3.56. The predicted molar refractivity (Wildman–Crippen MR) is 29.2 cm³/mol. The van der Waals surface area contributed by atoms with E-state index in [2.05, 4.69) is 0 Å². The third kappa shape index (κ3) is 5.91. The summed E-state index contributed by atoms with van der Waals surface area (Å²) >= 11 is 0. The van der Waals surface area contributed by atoms with E-state index in [-0.39, 0.29) is 6.42 Å². The number of carbonyl (C=O) groups is 1. The quantitative estimate of drug-likeness (QED) is 0.480. The molecule has 0 rings (SSSR count). The molecular weight excluding hydrogens is 159 g/mol. The fourth-order valence-corrected chi connectivity index (χ4v) is 0.864. The van der Waals surface area contributed by atoms with Crippen LogP contribution in [0.2, 0.25) is 0 Å². The second-order valence-electron chi connectivity index (χ2n) is 1.78. The number of aliphatic hydroxyl groups is 1. The van der Waals surface area contributed by atoms with Crippen LogP contribution in [0.4, 0.5) is 0 Å². The summed E-state index contributed by atoms with van der Waals surface area (Å²) in [5.74, 6) is -0.632. The Hall–Kier alpha value is -0.220. The SMILES string of the molecule is O=C(CO)CCP(=O)([O-])[O-]. The molecule has 0 saturated carbocycles. The maximum absolute atomic E-state index is 10.2. The van der Waals surface area contributed by atoms with Crippen LogP contribution in [0.1, 0.15) is 6.42 Å². The van der Waals surface area contributed by atoms with Crippen LogP contribution in [0.5, 0.6) is 0 Å². The third-order valence-electron chi connectivity index (χ3n) is 0.841. The highest BCUT2D eigenvalue weighted by Crippen LogP contribution is 2.23. The van der Waals surface area contributed by atoms with Crippen LogP contribution in [-0.4, -0.2) is 23.7 Å². The van der Waals surface area contributed by atoms with Crippen LogP contribution >= 0.6 is 7.60 Å². The minimum Gasteiger partial charge on any atom is -0.811 e. The van der Waals surface area contributed by atoms with Crippen LogP contribution in [0.15, 0.2) is 0 Å². The minimum absolute atomic E-state index is 0.388. The fourth-order valence-electron chi connectivity index (χ4n) is 0.341. The van der Waals surface area contributed by atoms with Gasteiger partial charge in [-0.2, -0.15) is 0 Å². The number of aliphatic hydroxyl groups excluding tert-OH is 1. The predicted octanol–water partition coefficient (Wildman–Crippen LogP) is -2.15. The van der Waals surface area contributed by atoms with E-state index in [9.17, 15) is 19.1 Å². The van der Waals surface area contributed by atoms with Gasteiger partial charge in [0.1, 0.15) is 6.61 Å². The van der Waals surface area contributed by atoms with E-state index in [0.717, 1.165) is 0 Å². The van der Waals surface area contributed by atoms with E-state index in [1.54, 1.807) is 0 Å². The second kappa shape index (κ2) is 3.83. The van der Waals surface area contributed by atoms with Crippen molar-refractivity contribution in [1.82, 2.24) is 0 Å². The normalized spacial score (nSPS) is 11.5. The molecule has 0 radical (unpaired) electrons. The lowest BCUT2D eigenvalue weighted by atomic mass is 10.3. The van der Waals surface area contributed by atoms with Gasteiger partial charge in [0.05, 0.1) is 0 Å². The Bertz CT molecular complexity index is 159. The monoisotopic (exact) mass is 166 g/mol. The van der Waals surface area contributed by atoms with Gasteiger partial charge in [-0.05, 0) is 6.16 Å². The second-order valence-corrected chi connectivity index (χ2v) is 3.45. The number of Topliss-reactive ketones (excluding diaryl/α,β-unsaturated/α-hetero) is 1. The summed E-state index contributed by atoms with van der Waals surface area (Å²) in [6.07, 6.45) is -1.09. The molecule has 0 heterocycles. The van der Waals surface area contributed by atoms with Crippen molar-refractivity contribution >= 4 is 13.4 Å². The molecule has 0 aliphatic rings. The average Bonchev–Trinajstić information content (AvgIpc) is 1.81. The van der Waals surface area contributed by atoms with Crippen molar-refractivity contribution in [2.24, 2.45) is 0 Å². The number of ketones is 1. The summed E-state index contributed by atoms with van der Waals surface area (Å²) in [5, 5.41) is 8.09. The zero-order valence-corrected chi connectivity index (χ0v) is 6.04. The minimum atomic E-state index is -4.56. The van der Waals surface area contributed by atoms with Gasteiger partial charge in [0, 0.05) is 6.42 Å². The van der Waals surface area contributed by atoms with Crippen molar-refractivity contribution in [1.29, 1.82) is 0 Å². The van der Waals surface area contributed by atoms with E-state index in [1.807, 2.05) is 0 Å². The Morgan fingerprint density at radius 1 is 1.50 bits per heavy atom. The zero-order valence-electron chi connectivity index (χ0n) is 5.15. The van der Waals surface area contributed by atoms with Gasteiger partial charge in [-0.15, -0.1) is 0 Å². The number of rotatable bonds is 4. The van der Waals surface area contributed by atoms with Gasteiger partial charge in [0.25, 0.3) is 0 Å². The maximum Gasteiger partial charge on any atom is 0.158 e. The van der Waals surface area contributed by atoms with Crippen LogP contribution in [0, 0.1) is 0 Å². The highest BCUT2D eigenvalue weighted by molar-refractivity contribution is 7.48. The van der Waals surface area contributed by atoms with E-state index in [1.165, 1.54) is 0 Å². The first-order valence-corrected chi connectivity index (χ1v) is 4.32. The molecule has 1 N–H and O–H groups in total. The van der Waals surface area contributed by atoms with Crippen molar-refractivity contribution in [3.05, 3.63) is 0 Å². The Kier molecular flexibility index (Phi) is 3.75. The van der Waals surface area contributed by atoms with Gasteiger partial charge in [0.2, 0.25) is 0 Å². The van der Waals surface area contributed by atoms with Crippen LogP contribution in [0.25, 0.3) is 0 Å². The van der Waals surface area contributed by atoms with Gasteiger partial charge < -0.3 is 19.5 Å². The number of hydrogen-bond donors (Lipinski definition) is 1. The van der Waals surface area contributed by atoms with E-state index in [4.69, 9.17) is 5.11 Å². The fraction of sp³-hybridized carbons (Fsp3) is 0.750. The molecule has 60 valence electrons. The van der Waals surface area contributed by atoms with Crippen LogP contribution < -0.4 is 9.79 Å². The molecule has 0 aliphatic heterocycles. The summed E-state index contributed by atoms with van der Waals surface area (Å²) in [5.41, 5.74) is 0. The topological polar surface area (TPSA) is 100 Å². The van der Waals surface area contributed by atoms with E-state index < -0.39 is 26.1 Å². The summed E-state index contributed by atoms with van der Waals surface area (Å²) in [6, 6.07) is 0. The number of carbonyl (C=O) groups excluding carboxylic acids is 1. The molecule has 6 heteroatoms. The molecule has 0 fully saturated rings. The van der Waals surface area contributed by atoms with Gasteiger partial charge >= 0.3 is 0 Å². The first-order chi connectivity index (χ1) is 4.45. The van der Waals surface area contributed by atoms with Crippen LogP contribution in [-0.2, 0) is 9.36 Å². The average molecular weight is 166 g/mol. The van der Waals surface area contributed by atoms with Gasteiger partial charge in [0.15, 0.2) is 5.78 Å². The molecule has 0 aromatic rings. The van der Waals surface area contributed by atoms with Crippen molar-refractivity contribution in [3.63, 3.8) is 0 Å². The Morgan fingerprint density at radius 2 is 2.00 bits per heavy atom. The first kappa shape index (κ1) is 9.78. The molecule has 0 aromatic heterocycles.